The lowest BCUT2D eigenvalue weighted by Gasteiger charge is -1.96. The molecule has 2 N–H and O–H groups in total. The van der Waals surface area contributed by atoms with Crippen LogP contribution in [0.5, 0.6) is 0 Å². The molecule has 0 unspecified atom stereocenters. The third kappa shape index (κ3) is 3.21. The van der Waals surface area contributed by atoms with E-state index < -0.39 is 5.91 Å². The molecular formula is C10H10BrClN6O. The Labute approximate surface area is 122 Å². The quantitative estimate of drug-likeness (QED) is 0.654. The second-order valence-corrected chi connectivity index (χ2v) is 4.77. The van der Waals surface area contributed by atoms with Crippen molar-refractivity contribution in [3.8, 4) is 0 Å². The number of hydrogen-bond donors (Lipinski definition) is 2. The summed E-state index contributed by atoms with van der Waals surface area (Å²) in [7, 11) is 0. The summed E-state index contributed by atoms with van der Waals surface area (Å²) in [5.41, 5.74) is 3.12. The van der Waals surface area contributed by atoms with Gasteiger partial charge in [-0.25, -0.2) is 5.43 Å². The van der Waals surface area contributed by atoms with E-state index >= 15 is 0 Å². The second kappa shape index (κ2) is 5.98. The molecule has 100 valence electrons. The predicted molar refractivity (Wildman–Crippen MR) is 74.3 cm³/mol. The van der Waals surface area contributed by atoms with E-state index in [1.54, 1.807) is 4.68 Å². The molecule has 2 aromatic heterocycles. The van der Waals surface area contributed by atoms with E-state index in [1.807, 2.05) is 13.1 Å². The number of nitrogens with zero attached hydrogens (tertiary/aromatic N) is 4. The fraction of sp³-hybridized carbons (Fsp3) is 0.200. The fourth-order valence-corrected chi connectivity index (χ4v) is 1.89. The van der Waals surface area contributed by atoms with Gasteiger partial charge in [-0.05, 0) is 22.9 Å². The molecule has 1 amide bonds. The highest BCUT2D eigenvalue weighted by atomic mass is 79.9. The van der Waals surface area contributed by atoms with E-state index in [4.69, 9.17) is 11.6 Å². The molecule has 19 heavy (non-hydrogen) atoms. The first kappa shape index (κ1) is 13.8. The normalized spacial score (nSPS) is 11.1. The van der Waals surface area contributed by atoms with Crippen LogP contribution in [0.2, 0.25) is 5.02 Å². The number of hydrazone groups is 1. The van der Waals surface area contributed by atoms with Gasteiger partial charge in [-0.1, -0.05) is 11.6 Å². The SMILES string of the molecule is CCn1cc(Br)c(C=NNC(=O)c2[nH]ncc2Cl)n1. The number of H-pyrrole nitrogens is 1. The molecule has 0 saturated carbocycles. The number of hydrogen-bond acceptors (Lipinski definition) is 4. The number of aromatic nitrogens is 4. The lowest BCUT2D eigenvalue weighted by Crippen LogP contribution is -2.18. The standard InChI is InChI=1S/C10H10BrClN6O/c1-2-18-5-6(11)8(17-18)4-14-16-10(19)9-7(12)3-13-15-9/h3-5H,2H2,1H3,(H,13,15)(H,16,19). The zero-order valence-corrected chi connectivity index (χ0v) is 12.2. The van der Waals surface area contributed by atoms with Crippen molar-refractivity contribution in [2.75, 3.05) is 0 Å². The molecule has 2 aromatic rings. The average molecular weight is 346 g/mol. The monoisotopic (exact) mass is 344 g/mol. The Balaban J connectivity index is 2.02. The Kier molecular flexibility index (Phi) is 4.33. The van der Waals surface area contributed by atoms with Crippen molar-refractivity contribution < 1.29 is 4.79 Å². The Hall–Kier alpha value is -1.67. The third-order valence-corrected chi connectivity index (χ3v) is 3.14. The fourth-order valence-electron chi connectivity index (χ4n) is 1.30. The van der Waals surface area contributed by atoms with Gasteiger partial charge >= 0.3 is 0 Å². The number of nitrogens with one attached hydrogen (secondary N) is 2. The lowest BCUT2D eigenvalue weighted by atomic mass is 10.4. The molecule has 0 fully saturated rings. The summed E-state index contributed by atoms with van der Waals surface area (Å²) in [4.78, 5) is 11.6. The van der Waals surface area contributed by atoms with E-state index in [1.165, 1.54) is 12.4 Å². The van der Waals surface area contributed by atoms with Crippen molar-refractivity contribution >= 4 is 39.7 Å². The largest absolute Gasteiger partial charge is 0.290 e. The second-order valence-electron chi connectivity index (χ2n) is 3.51. The molecule has 2 rings (SSSR count). The maximum absolute atomic E-state index is 11.6. The van der Waals surface area contributed by atoms with Crippen molar-refractivity contribution in [1.29, 1.82) is 0 Å². The highest BCUT2D eigenvalue weighted by Gasteiger charge is 2.11. The molecule has 0 radical (unpaired) electrons. The van der Waals surface area contributed by atoms with Crippen LogP contribution in [0.1, 0.15) is 23.1 Å². The summed E-state index contributed by atoms with van der Waals surface area (Å²) < 4.78 is 2.55. The van der Waals surface area contributed by atoms with Gasteiger partial charge < -0.3 is 0 Å². The van der Waals surface area contributed by atoms with Gasteiger partial charge in [0.15, 0.2) is 0 Å². The molecule has 0 atom stereocenters. The minimum Gasteiger partial charge on any atom is -0.271 e. The number of halogens is 2. The van der Waals surface area contributed by atoms with E-state index in [0.29, 0.717) is 5.69 Å². The molecular weight excluding hydrogens is 336 g/mol. The molecule has 0 aliphatic heterocycles. The number of carbonyl (C=O) groups excluding carboxylic acids is 1. The average Bonchev–Trinajstić information content (AvgIpc) is 2.96. The number of amides is 1. The van der Waals surface area contributed by atoms with Crippen molar-refractivity contribution in [2.45, 2.75) is 13.5 Å². The first-order valence-electron chi connectivity index (χ1n) is 5.37. The lowest BCUT2D eigenvalue weighted by molar-refractivity contribution is 0.0950. The molecule has 7 nitrogen and oxygen atoms in total. The van der Waals surface area contributed by atoms with Gasteiger partial charge in [0.1, 0.15) is 11.4 Å². The minimum absolute atomic E-state index is 0.164. The van der Waals surface area contributed by atoms with Crippen molar-refractivity contribution in [3.63, 3.8) is 0 Å². The smallest absolute Gasteiger partial charge is 0.271 e. The van der Waals surface area contributed by atoms with Crippen LogP contribution in [0.25, 0.3) is 0 Å². The van der Waals surface area contributed by atoms with Gasteiger partial charge in [0.25, 0.3) is 5.91 Å². The zero-order chi connectivity index (χ0) is 13.8. The summed E-state index contributed by atoms with van der Waals surface area (Å²) >= 11 is 9.10. The number of carbonyl (C=O) groups is 1. The Morgan fingerprint density at radius 3 is 3.11 bits per heavy atom. The van der Waals surface area contributed by atoms with Crippen LogP contribution in [0.15, 0.2) is 22.0 Å². The Bertz CT molecular complexity index is 619. The first-order valence-corrected chi connectivity index (χ1v) is 6.54. The van der Waals surface area contributed by atoms with E-state index in [9.17, 15) is 4.79 Å². The van der Waals surface area contributed by atoms with Crippen LogP contribution in [-0.4, -0.2) is 32.1 Å². The van der Waals surface area contributed by atoms with Crippen LogP contribution in [0.4, 0.5) is 0 Å². The van der Waals surface area contributed by atoms with E-state index in [0.717, 1.165) is 11.0 Å². The number of aryl methyl sites for hydroxylation is 1. The van der Waals surface area contributed by atoms with Crippen LogP contribution in [0, 0.1) is 0 Å². The maximum Gasteiger partial charge on any atom is 0.290 e. The van der Waals surface area contributed by atoms with Crippen LogP contribution in [-0.2, 0) is 6.54 Å². The first-order chi connectivity index (χ1) is 9.11. The van der Waals surface area contributed by atoms with Gasteiger partial charge in [-0.2, -0.15) is 15.3 Å². The summed E-state index contributed by atoms with van der Waals surface area (Å²) in [6.07, 6.45) is 4.62. The van der Waals surface area contributed by atoms with Gasteiger partial charge in [0, 0.05) is 12.7 Å². The molecule has 0 saturated heterocycles. The third-order valence-electron chi connectivity index (χ3n) is 2.24. The Morgan fingerprint density at radius 2 is 2.53 bits per heavy atom. The zero-order valence-electron chi connectivity index (χ0n) is 9.89. The van der Waals surface area contributed by atoms with Crippen LogP contribution in [0.3, 0.4) is 0 Å². The van der Waals surface area contributed by atoms with E-state index in [2.05, 4.69) is 41.8 Å². The number of aromatic amines is 1. The highest BCUT2D eigenvalue weighted by Crippen LogP contribution is 2.13. The molecule has 0 aromatic carbocycles. The van der Waals surface area contributed by atoms with Crippen molar-refractivity contribution in [2.24, 2.45) is 5.10 Å². The molecule has 0 aliphatic carbocycles. The van der Waals surface area contributed by atoms with Crippen LogP contribution < -0.4 is 5.43 Å². The van der Waals surface area contributed by atoms with Gasteiger partial charge in [-0.15, -0.1) is 0 Å². The topological polar surface area (TPSA) is 88.0 Å². The molecule has 0 bridgehead atoms. The van der Waals surface area contributed by atoms with Gasteiger partial charge in [0.05, 0.1) is 21.9 Å². The number of rotatable bonds is 4. The van der Waals surface area contributed by atoms with Crippen molar-refractivity contribution in [1.82, 2.24) is 25.4 Å². The molecule has 0 spiro atoms. The Morgan fingerprint density at radius 1 is 1.74 bits per heavy atom. The van der Waals surface area contributed by atoms with E-state index in [-0.39, 0.29) is 10.7 Å². The summed E-state index contributed by atoms with van der Waals surface area (Å²) in [6, 6.07) is 0. The molecule has 2 heterocycles. The predicted octanol–water partition coefficient (Wildman–Crippen LogP) is 1.81. The van der Waals surface area contributed by atoms with Crippen molar-refractivity contribution in [3.05, 3.63) is 33.3 Å². The summed E-state index contributed by atoms with van der Waals surface area (Å²) in [6.45, 7) is 2.73. The summed E-state index contributed by atoms with van der Waals surface area (Å²) in [5.74, 6) is -0.468. The van der Waals surface area contributed by atoms with Gasteiger partial charge in [0.2, 0.25) is 0 Å². The minimum atomic E-state index is -0.468. The molecule has 9 heteroatoms. The van der Waals surface area contributed by atoms with Crippen LogP contribution >= 0.6 is 27.5 Å². The molecule has 0 aliphatic rings. The summed E-state index contributed by atoms with van der Waals surface area (Å²) in [5, 5.41) is 14.4. The van der Waals surface area contributed by atoms with Gasteiger partial charge in [-0.3, -0.25) is 14.6 Å². The maximum atomic E-state index is 11.6. The highest BCUT2D eigenvalue weighted by molar-refractivity contribution is 9.10.